The second kappa shape index (κ2) is 8.47. The van der Waals surface area contributed by atoms with Crippen LogP contribution in [0.4, 0.5) is 5.69 Å². The normalized spacial score (nSPS) is 10.5. The minimum atomic E-state index is -0.472. The molecule has 0 heterocycles. The van der Waals surface area contributed by atoms with Crippen LogP contribution in [0.15, 0.2) is 54.6 Å². The fraction of sp³-hybridized carbons (Fsp3) is 0.167. The summed E-state index contributed by atoms with van der Waals surface area (Å²) >= 11 is 0. The van der Waals surface area contributed by atoms with Crippen LogP contribution >= 0.6 is 0 Å². The van der Waals surface area contributed by atoms with Crippen molar-refractivity contribution in [3.63, 3.8) is 0 Å². The van der Waals surface area contributed by atoms with E-state index >= 15 is 0 Å². The summed E-state index contributed by atoms with van der Waals surface area (Å²) in [4.78, 5) is 21.9. The van der Waals surface area contributed by atoms with Crippen LogP contribution in [0.5, 0.6) is 5.75 Å². The first-order valence-electron chi connectivity index (χ1n) is 7.45. The number of rotatable bonds is 7. The van der Waals surface area contributed by atoms with E-state index in [1.54, 1.807) is 12.1 Å². The van der Waals surface area contributed by atoms with E-state index in [1.165, 1.54) is 24.3 Å². The Labute approximate surface area is 139 Å². The van der Waals surface area contributed by atoms with Crippen molar-refractivity contribution in [3.8, 4) is 5.75 Å². The standard InChI is InChI=1S/C18H18N2O4/c1-14-5-2-3-8-17(14)24-12-11-19-18(21)10-9-15-6-4-7-16(13-15)20(22)23/h2-10,13H,11-12H2,1H3,(H,19,21)/b10-9+. The number of hydrogen-bond acceptors (Lipinski definition) is 4. The minimum absolute atomic E-state index is 0.0100. The lowest BCUT2D eigenvalue weighted by molar-refractivity contribution is -0.384. The summed E-state index contributed by atoms with van der Waals surface area (Å²) in [6.07, 6.45) is 2.87. The lowest BCUT2D eigenvalue weighted by Gasteiger charge is -2.08. The molecule has 124 valence electrons. The highest BCUT2D eigenvalue weighted by Gasteiger charge is 2.04. The van der Waals surface area contributed by atoms with Gasteiger partial charge in [-0.1, -0.05) is 30.3 Å². The number of non-ortho nitro benzene ring substituents is 1. The molecule has 2 rings (SSSR count). The third-order valence-electron chi connectivity index (χ3n) is 3.26. The molecule has 6 heteroatoms. The van der Waals surface area contributed by atoms with E-state index in [2.05, 4.69) is 5.32 Å². The Balaban J connectivity index is 1.78. The van der Waals surface area contributed by atoms with E-state index < -0.39 is 4.92 Å². The fourth-order valence-electron chi connectivity index (χ4n) is 2.03. The van der Waals surface area contributed by atoms with E-state index in [4.69, 9.17) is 4.74 Å². The molecule has 6 nitrogen and oxygen atoms in total. The average molecular weight is 326 g/mol. The monoisotopic (exact) mass is 326 g/mol. The van der Waals surface area contributed by atoms with Crippen molar-refractivity contribution in [1.29, 1.82) is 0 Å². The minimum Gasteiger partial charge on any atom is -0.491 e. The molecule has 0 aromatic heterocycles. The van der Waals surface area contributed by atoms with E-state index in [0.717, 1.165) is 11.3 Å². The number of nitrogens with one attached hydrogen (secondary N) is 1. The van der Waals surface area contributed by atoms with Gasteiger partial charge in [0.25, 0.3) is 5.69 Å². The maximum Gasteiger partial charge on any atom is 0.270 e. The molecule has 0 spiro atoms. The van der Waals surface area contributed by atoms with Crippen LogP contribution in [0.1, 0.15) is 11.1 Å². The molecular weight excluding hydrogens is 308 g/mol. The SMILES string of the molecule is Cc1ccccc1OCCNC(=O)/C=C/c1cccc([N+](=O)[O-])c1. The van der Waals surface area contributed by atoms with Gasteiger partial charge in [0, 0.05) is 18.2 Å². The molecule has 0 aliphatic carbocycles. The highest BCUT2D eigenvalue weighted by Crippen LogP contribution is 2.15. The topological polar surface area (TPSA) is 81.5 Å². The van der Waals surface area contributed by atoms with Crippen molar-refractivity contribution in [2.45, 2.75) is 6.92 Å². The van der Waals surface area contributed by atoms with Crippen LogP contribution in [0, 0.1) is 17.0 Å². The molecule has 0 aliphatic rings. The molecule has 0 aliphatic heterocycles. The van der Waals surface area contributed by atoms with Crippen molar-refractivity contribution < 1.29 is 14.5 Å². The molecule has 24 heavy (non-hydrogen) atoms. The van der Waals surface area contributed by atoms with Gasteiger partial charge >= 0.3 is 0 Å². The second-order valence-electron chi connectivity index (χ2n) is 5.09. The summed E-state index contributed by atoms with van der Waals surface area (Å²) in [5.74, 6) is 0.508. The molecule has 2 aromatic carbocycles. The first-order chi connectivity index (χ1) is 11.6. The maximum absolute atomic E-state index is 11.7. The smallest absolute Gasteiger partial charge is 0.270 e. The Bertz CT molecular complexity index is 756. The number of aryl methyl sites for hydroxylation is 1. The fourth-order valence-corrected chi connectivity index (χ4v) is 2.03. The molecule has 0 bridgehead atoms. The molecular formula is C18H18N2O4. The first-order valence-corrected chi connectivity index (χ1v) is 7.45. The number of hydrogen-bond donors (Lipinski definition) is 1. The van der Waals surface area contributed by atoms with Crippen LogP contribution in [-0.4, -0.2) is 24.0 Å². The number of para-hydroxylation sites is 1. The molecule has 1 N–H and O–H groups in total. The van der Waals surface area contributed by atoms with E-state index in [0.29, 0.717) is 18.7 Å². The predicted molar refractivity (Wildman–Crippen MR) is 91.8 cm³/mol. The number of nitrogens with zero attached hydrogens (tertiary/aromatic N) is 1. The Morgan fingerprint density at radius 1 is 1.25 bits per heavy atom. The van der Waals surface area contributed by atoms with E-state index in [9.17, 15) is 14.9 Å². The molecule has 0 unspecified atom stereocenters. The van der Waals surface area contributed by atoms with Crippen LogP contribution in [0.2, 0.25) is 0 Å². The van der Waals surface area contributed by atoms with Crippen molar-refractivity contribution in [2.24, 2.45) is 0 Å². The number of ether oxygens (including phenoxy) is 1. The average Bonchev–Trinajstić information content (AvgIpc) is 2.58. The lowest BCUT2D eigenvalue weighted by atomic mass is 10.2. The van der Waals surface area contributed by atoms with Gasteiger partial charge in [-0.05, 0) is 30.2 Å². The van der Waals surface area contributed by atoms with E-state index in [-0.39, 0.29) is 11.6 Å². The van der Waals surface area contributed by atoms with Crippen LogP contribution in [-0.2, 0) is 4.79 Å². The Hall–Kier alpha value is -3.15. The van der Waals surface area contributed by atoms with Gasteiger partial charge in [-0.3, -0.25) is 14.9 Å². The van der Waals surface area contributed by atoms with Gasteiger partial charge in [0.2, 0.25) is 5.91 Å². The molecule has 0 saturated carbocycles. The number of carbonyl (C=O) groups excluding carboxylic acids is 1. The van der Waals surface area contributed by atoms with Gasteiger partial charge in [0.15, 0.2) is 0 Å². The van der Waals surface area contributed by atoms with E-state index in [1.807, 2.05) is 31.2 Å². The summed E-state index contributed by atoms with van der Waals surface area (Å²) < 4.78 is 5.58. The molecule has 0 radical (unpaired) electrons. The van der Waals surface area contributed by atoms with Crippen LogP contribution in [0.3, 0.4) is 0 Å². The third kappa shape index (κ3) is 5.24. The molecule has 2 aromatic rings. The highest BCUT2D eigenvalue weighted by atomic mass is 16.6. The van der Waals surface area contributed by atoms with Crippen molar-refractivity contribution in [3.05, 3.63) is 75.8 Å². The number of nitro benzene ring substituents is 1. The third-order valence-corrected chi connectivity index (χ3v) is 3.26. The Kier molecular flexibility index (Phi) is 6.08. The molecule has 0 saturated heterocycles. The maximum atomic E-state index is 11.7. The zero-order valence-corrected chi connectivity index (χ0v) is 13.3. The molecule has 0 fully saturated rings. The van der Waals surface area contributed by atoms with Crippen molar-refractivity contribution in [1.82, 2.24) is 5.32 Å². The van der Waals surface area contributed by atoms with Crippen molar-refractivity contribution in [2.75, 3.05) is 13.2 Å². The number of amides is 1. The number of benzene rings is 2. The Morgan fingerprint density at radius 2 is 2.04 bits per heavy atom. The summed E-state index contributed by atoms with van der Waals surface area (Å²) in [5, 5.41) is 13.4. The summed E-state index contributed by atoms with van der Waals surface area (Å²) in [6, 6.07) is 13.7. The predicted octanol–water partition coefficient (Wildman–Crippen LogP) is 3.11. The summed E-state index contributed by atoms with van der Waals surface area (Å²) in [7, 11) is 0. The van der Waals surface area contributed by atoms with Crippen LogP contribution < -0.4 is 10.1 Å². The summed E-state index contributed by atoms with van der Waals surface area (Å²) in [6.45, 7) is 2.68. The zero-order valence-electron chi connectivity index (χ0n) is 13.3. The lowest BCUT2D eigenvalue weighted by Crippen LogP contribution is -2.26. The van der Waals surface area contributed by atoms with Crippen LogP contribution in [0.25, 0.3) is 6.08 Å². The Morgan fingerprint density at radius 3 is 2.79 bits per heavy atom. The number of carbonyl (C=O) groups is 1. The zero-order chi connectivity index (χ0) is 17.4. The molecule has 1 amide bonds. The van der Waals surface area contributed by atoms with Gasteiger partial charge in [0.1, 0.15) is 12.4 Å². The van der Waals surface area contributed by atoms with Gasteiger partial charge in [0.05, 0.1) is 11.5 Å². The summed E-state index contributed by atoms with van der Waals surface area (Å²) in [5.41, 5.74) is 1.62. The second-order valence-corrected chi connectivity index (χ2v) is 5.09. The largest absolute Gasteiger partial charge is 0.491 e. The molecule has 0 atom stereocenters. The van der Waals surface area contributed by atoms with Gasteiger partial charge in [-0.15, -0.1) is 0 Å². The van der Waals surface area contributed by atoms with Gasteiger partial charge in [-0.25, -0.2) is 0 Å². The van der Waals surface area contributed by atoms with Gasteiger partial charge in [-0.2, -0.15) is 0 Å². The van der Waals surface area contributed by atoms with Gasteiger partial charge < -0.3 is 10.1 Å². The quantitative estimate of drug-likeness (QED) is 0.367. The number of nitro groups is 1. The first kappa shape index (κ1) is 17.2. The highest BCUT2D eigenvalue weighted by molar-refractivity contribution is 5.91. The van der Waals surface area contributed by atoms with Crippen molar-refractivity contribution >= 4 is 17.7 Å².